The summed E-state index contributed by atoms with van der Waals surface area (Å²) in [6.07, 6.45) is 0.595. The molecule has 0 aliphatic heterocycles. The number of hydrogen-bond donors (Lipinski definition) is 1. The highest BCUT2D eigenvalue weighted by atomic mass is 35.5. The second kappa shape index (κ2) is 8.16. The van der Waals surface area contributed by atoms with Crippen LogP contribution in [0.25, 0.3) is 0 Å². The number of rotatable bonds is 8. The molecule has 0 aromatic heterocycles. The molecule has 141 valence electrons. The number of amides is 1. The van der Waals surface area contributed by atoms with Gasteiger partial charge >= 0.3 is 0 Å². The summed E-state index contributed by atoms with van der Waals surface area (Å²) in [6, 6.07) is 2.35. The molecule has 1 amide bonds. The van der Waals surface area contributed by atoms with E-state index in [0.717, 1.165) is 6.07 Å². The van der Waals surface area contributed by atoms with Gasteiger partial charge in [-0.15, -0.1) is 18.1 Å². The van der Waals surface area contributed by atoms with Crippen molar-refractivity contribution in [1.29, 1.82) is 0 Å². The van der Waals surface area contributed by atoms with Crippen molar-refractivity contribution in [3.63, 3.8) is 0 Å². The molecule has 0 heterocycles. The van der Waals surface area contributed by atoms with Crippen LogP contribution in [-0.4, -0.2) is 32.4 Å². The van der Waals surface area contributed by atoms with Gasteiger partial charge in [0.2, 0.25) is 5.91 Å². The summed E-state index contributed by atoms with van der Waals surface area (Å²) in [7, 11) is -1.82. The second-order valence-electron chi connectivity index (χ2n) is 7.24. The van der Waals surface area contributed by atoms with Crippen LogP contribution >= 0.6 is 11.6 Å². The number of primary amides is 1. The summed E-state index contributed by atoms with van der Waals surface area (Å²) in [6.45, 7) is 11.6. The third-order valence-electron chi connectivity index (χ3n) is 4.32. The molecule has 0 saturated heterocycles. The maximum Gasteiger partial charge on any atom is 0.292 e. The van der Waals surface area contributed by atoms with E-state index in [9.17, 15) is 14.9 Å². The molecule has 7 nitrogen and oxygen atoms in total. The second-order valence-corrected chi connectivity index (χ2v) is 12.4. The number of halogens is 1. The zero-order valence-corrected chi connectivity index (χ0v) is 17.0. The minimum atomic E-state index is -1.82. The van der Waals surface area contributed by atoms with Crippen LogP contribution in [0.1, 0.15) is 37.6 Å². The quantitative estimate of drug-likeness (QED) is 0.312. The standard InChI is InChI=1S/C16H25ClN2O5Si/c1-16(2,3)25(4,5)24-8-6-7-23-13-10-11(15(18)20)9-12(14(13)17)19(21)22/h9-10H,6-8H2,1-5H3,(H2,18,20)/q-1. The van der Waals surface area contributed by atoms with Crippen LogP contribution in [0, 0.1) is 10.1 Å². The minimum Gasteiger partial charge on any atom is -0.564 e. The van der Waals surface area contributed by atoms with Crippen LogP contribution in [0.5, 0.6) is 5.75 Å². The first-order valence-corrected chi connectivity index (χ1v) is 11.2. The molecular formula is C16H25ClN2O5Si-. The fourth-order valence-electron chi connectivity index (χ4n) is 1.75. The number of nitro benzene ring substituents is 1. The fourth-order valence-corrected chi connectivity index (χ4v) is 3.07. The van der Waals surface area contributed by atoms with Gasteiger partial charge in [0, 0.05) is 24.7 Å². The van der Waals surface area contributed by atoms with Crippen LogP contribution in [0.3, 0.4) is 0 Å². The highest BCUT2D eigenvalue weighted by Gasteiger charge is 2.24. The topological polar surface area (TPSA) is 105 Å². The average molecular weight is 389 g/mol. The summed E-state index contributed by atoms with van der Waals surface area (Å²) in [4.78, 5) is 21.7. The predicted molar refractivity (Wildman–Crippen MR) is 99.9 cm³/mol. The van der Waals surface area contributed by atoms with E-state index in [1.165, 1.54) is 6.07 Å². The van der Waals surface area contributed by atoms with Crippen molar-refractivity contribution in [1.82, 2.24) is 0 Å². The van der Waals surface area contributed by atoms with Gasteiger partial charge in [-0.1, -0.05) is 32.4 Å². The summed E-state index contributed by atoms with van der Waals surface area (Å²) >= 11 is 5.98. The van der Waals surface area contributed by atoms with Gasteiger partial charge in [-0.2, -0.15) is 0 Å². The van der Waals surface area contributed by atoms with E-state index >= 15 is 0 Å². The number of nitro groups is 1. The SMILES string of the molecule is CC(C)(C)[Si-](C)(C)OCCCOc1cc(C(N)=O)cc([N+](=O)[O-])c1Cl. The van der Waals surface area contributed by atoms with Gasteiger partial charge in [0.25, 0.3) is 5.69 Å². The Balaban J connectivity index is 2.72. The number of carbonyl (C=O) groups excluding carboxylic acids is 1. The van der Waals surface area contributed by atoms with Crippen molar-refractivity contribution in [2.75, 3.05) is 13.2 Å². The molecule has 0 fully saturated rings. The highest BCUT2D eigenvalue weighted by molar-refractivity contribution is 6.74. The molecule has 1 rings (SSSR count). The van der Waals surface area contributed by atoms with Gasteiger partial charge in [0.1, 0.15) is 5.75 Å². The van der Waals surface area contributed by atoms with Gasteiger partial charge in [0.05, 0.1) is 11.5 Å². The minimum absolute atomic E-state index is 0.0244. The molecule has 9 heteroatoms. The molecule has 0 aliphatic rings. The van der Waals surface area contributed by atoms with Gasteiger partial charge in [-0.05, 0) is 14.4 Å². The molecule has 0 saturated carbocycles. The van der Waals surface area contributed by atoms with E-state index in [1.54, 1.807) is 0 Å². The molecular weight excluding hydrogens is 364 g/mol. The van der Waals surface area contributed by atoms with Crippen LogP contribution in [-0.2, 0) is 4.43 Å². The van der Waals surface area contributed by atoms with Gasteiger partial charge in [-0.3, -0.25) is 14.9 Å². The summed E-state index contributed by atoms with van der Waals surface area (Å²) in [5, 5.41) is 11.0. The molecule has 0 atom stereocenters. The predicted octanol–water partition coefficient (Wildman–Crippen LogP) is 4.14. The Morgan fingerprint density at radius 2 is 1.92 bits per heavy atom. The normalized spacial score (nSPS) is 12.1. The maximum absolute atomic E-state index is 11.3. The van der Waals surface area contributed by atoms with Crippen LogP contribution in [0.4, 0.5) is 5.69 Å². The van der Waals surface area contributed by atoms with Crippen molar-refractivity contribution < 1.29 is 18.9 Å². The molecule has 1 aromatic carbocycles. The van der Waals surface area contributed by atoms with Crippen molar-refractivity contribution in [2.24, 2.45) is 5.73 Å². The van der Waals surface area contributed by atoms with Crippen molar-refractivity contribution in [3.8, 4) is 5.75 Å². The first kappa shape index (κ1) is 21.4. The number of benzene rings is 1. The molecule has 0 aliphatic carbocycles. The molecule has 0 bridgehead atoms. The van der Waals surface area contributed by atoms with E-state index in [1.807, 2.05) is 0 Å². The van der Waals surface area contributed by atoms with Crippen LogP contribution in [0.2, 0.25) is 23.2 Å². The van der Waals surface area contributed by atoms with Crippen LogP contribution in [0.15, 0.2) is 12.1 Å². The lowest BCUT2D eigenvalue weighted by Crippen LogP contribution is -2.41. The van der Waals surface area contributed by atoms with Crippen molar-refractivity contribution >= 4 is 31.5 Å². The van der Waals surface area contributed by atoms with Gasteiger partial charge in [-0.25, -0.2) is 0 Å². The Morgan fingerprint density at radius 3 is 2.40 bits per heavy atom. The van der Waals surface area contributed by atoms with E-state index in [-0.39, 0.29) is 28.0 Å². The largest absolute Gasteiger partial charge is 0.564 e. The third kappa shape index (κ3) is 5.69. The van der Waals surface area contributed by atoms with Crippen LogP contribution < -0.4 is 10.5 Å². The zero-order valence-electron chi connectivity index (χ0n) is 15.2. The summed E-state index contributed by atoms with van der Waals surface area (Å²) in [5.41, 5.74) is 4.76. The lowest BCUT2D eigenvalue weighted by molar-refractivity contribution is -0.384. The van der Waals surface area contributed by atoms with E-state index in [4.69, 9.17) is 26.5 Å². The number of ether oxygens (including phenoxy) is 1. The Bertz CT molecular complexity index is 659. The van der Waals surface area contributed by atoms with Gasteiger partial charge in [0.15, 0.2) is 5.02 Å². The Hall–Kier alpha value is -1.64. The number of nitrogens with zero attached hydrogens (tertiary/aromatic N) is 1. The van der Waals surface area contributed by atoms with E-state index < -0.39 is 24.8 Å². The Kier molecular flexibility index (Phi) is 6.98. The average Bonchev–Trinajstić information content (AvgIpc) is 2.46. The Morgan fingerprint density at radius 1 is 1.32 bits per heavy atom. The smallest absolute Gasteiger partial charge is 0.292 e. The molecule has 25 heavy (non-hydrogen) atoms. The van der Waals surface area contributed by atoms with E-state index in [0.29, 0.717) is 13.0 Å². The zero-order chi connectivity index (χ0) is 19.4. The highest BCUT2D eigenvalue weighted by Crippen LogP contribution is 2.37. The molecule has 2 N–H and O–H groups in total. The molecule has 1 aromatic rings. The fraction of sp³-hybridized carbons (Fsp3) is 0.562. The first-order chi connectivity index (χ1) is 11.4. The monoisotopic (exact) mass is 388 g/mol. The Labute approximate surface area is 153 Å². The summed E-state index contributed by atoms with van der Waals surface area (Å²) in [5.74, 6) is -0.720. The lowest BCUT2D eigenvalue weighted by atomic mass is 10.2. The third-order valence-corrected chi connectivity index (χ3v) is 9.23. The number of carbonyl (C=O) groups is 1. The first-order valence-electron chi connectivity index (χ1n) is 7.91. The van der Waals surface area contributed by atoms with Crippen molar-refractivity contribution in [3.05, 3.63) is 32.8 Å². The summed E-state index contributed by atoms with van der Waals surface area (Å²) < 4.78 is 11.5. The molecule has 0 spiro atoms. The van der Waals surface area contributed by atoms with E-state index in [2.05, 4.69) is 33.9 Å². The maximum atomic E-state index is 11.3. The molecule has 0 unspecified atom stereocenters. The van der Waals surface area contributed by atoms with Gasteiger partial charge < -0.3 is 14.9 Å². The number of hydrogen-bond acceptors (Lipinski definition) is 5. The van der Waals surface area contributed by atoms with Crippen molar-refractivity contribution in [2.45, 2.75) is 45.3 Å². The lowest BCUT2D eigenvalue weighted by Gasteiger charge is -2.48. The molecule has 0 radical (unpaired) electrons. The number of nitrogens with two attached hydrogens (primary N) is 1.